The van der Waals surface area contributed by atoms with Gasteiger partial charge >= 0.3 is 0 Å². The van der Waals surface area contributed by atoms with Gasteiger partial charge in [-0.3, -0.25) is 4.79 Å². The zero-order valence-electron chi connectivity index (χ0n) is 11.1. The number of rotatable bonds is 4. The first-order valence-corrected chi connectivity index (χ1v) is 7.78. The molecule has 0 atom stereocenters. The molecule has 104 valence electrons. The quantitative estimate of drug-likeness (QED) is 0.808. The van der Waals surface area contributed by atoms with Crippen molar-refractivity contribution in [2.75, 3.05) is 0 Å². The summed E-state index contributed by atoms with van der Waals surface area (Å²) in [6, 6.07) is 13.4. The summed E-state index contributed by atoms with van der Waals surface area (Å²) >= 11 is 9.33. The van der Waals surface area contributed by atoms with E-state index in [1.54, 1.807) is 12.1 Å². The minimum absolute atomic E-state index is 0.102. The van der Waals surface area contributed by atoms with Crippen molar-refractivity contribution in [2.24, 2.45) is 0 Å². The fraction of sp³-hybridized carbons (Fsp3) is 0.188. The molecule has 1 amide bonds. The maximum absolute atomic E-state index is 12.1. The Bertz CT molecular complexity index is 610. The monoisotopic (exact) mass is 351 g/mol. The highest BCUT2D eigenvalue weighted by Crippen LogP contribution is 2.15. The molecular formula is C16H15BrClNO. The lowest BCUT2D eigenvalue weighted by atomic mass is 10.1. The molecule has 2 aromatic rings. The first-order chi connectivity index (χ1) is 9.60. The van der Waals surface area contributed by atoms with Gasteiger partial charge in [0.05, 0.1) is 0 Å². The van der Waals surface area contributed by atoms with Gasteiger partial charge in [0.1, 0.15) is 0 Å². The molecular weight excluding hydrogens is 338 g/mol. The van der Waals surface area contributed by atoms with Crippen molar-refractivity contribution in [1.82, 2.24) is 5.32 Å². The fourth-order valence-corrected chi connectivity index (χ4v) is 2.41. The van der Waals surface area contributed by atoms with Gasteiger partial charge in [-0.05, 0) is 35.7 Å². The molecule has 20 heavy (non-hydrogen) atoms. The average molecular weight is 353 g/mol. The summed E-state index contributed by atoms with van der Waals surface area (Å²) in [4.78, 5) is 12.1. The average Bonchev–Trinajstić information content (AvgIpc) is 2.47. The lowest BCUT2D eigenvalue weighted by Crippen LogP contribution is -2.23. The fourth-order valence-electron chi connectivity index (χ4n) is 1.86. The summed E-state index contributed by atoms with van der Waals surface area (Å²) in [6.07, 6.45) is 0. The van der Waals surface area contributed by atoms with E-state index in [1.165, 1.54) is 5.56 Å². The van der Waals surface area contributed by atoms with E-state index in [2.05, 4.69) is 21.2 Å². The van der Waals surface area contributed by atoms with Crippen molar-refractivity contribution in [3.63, 3.8) is 0 Å². The van der Waals surface area contributed by atoms with Crippen molar-refractivity contribution in [3.8, 4) is 0 Å². The molecule has 0 spiro atoms. The van der Waals surface area contributed by atoms with E-state index in [0.717, 1.165) is 16.5 Å². The molecule has 0 bridgehead atoms. The standard InChI is InChI=1S/C16H15BrClNO/c1-11-2-7-14(18)8-15(11)16(20)19-10-13-5-3-12(9-17)4-6-13/h2-8H,9-10H2,1H3,(H,19,20). The first-order valence-electron chi connectivity index (χ1n) is 6.28. The number of hydrogen-bond acceptors (Lipinski definition) is 1. The van der Waals surface area contributed by atoms with Crippen LogP contribution in [0.5, 0.6) is 0 Å². The molecule has 0 aromatic heterocycles. The van der Waals surface area contributed by atoms with Gasteiger partial charge < -0.3 is 5.32 Å². The van der Waals surface area contributed by atoms with Crippen LogP contribution in [0.25, 0.3) is 0 Å². The summed E-state index contributed by atoms with van der Waals surface area (Å²) in [7, 11) is 0. The Morgan fingerprint density at radius 1 is 1.15 bits per heavy atom. The van der Waals surface area contributed by atoms with E-state index in [1.807, 2.05) is 37.3 Å². The Morgan fingerprint density at radius 3 is 2.45 bits per heavy atom. The number of alkyl halides is 1. The van der Waals surface area contributed by atoms with Gasteiger partial charge in [-0.15, -0.1) is 0 Å². The number of benzene rings is 2. The minimum atomic E-state index is -0.102. The highest BCUT2D eigenvalue weighted by atomic mass is 79.9. The molecule has 1 N–H and O–H groups in total. The molecule has 0 saturated carbocycles. The zero-order valence-corrected chi connectivity index (χ0v) is 13.5. The normalized spacial score (nSPS) is 10.3. The Hall–Kier alpha value is -1.32. The van der Waals surface area contributed by atoms with Crippen LogP contribution in [0.3, 0.4) is 0 Å². The highest BCUT2D eigenvalue weighted by Gasteiger charge is 2.09. The number of carbonyl (C=O) groups is 1. The van der Waals surface area contributed by atoms with Crippen LogP contribution in [-0.4, -0.2) is 5.91 Å². The van der Waals surface area contributed by atoms with Crippen LogP contribution in [0.2, 0.25) is 5.02 Å². The molecule has 0 saturated heterocycles. The van der Waals surface area contributed by atoms with E-state index in [-0.39, 0.29) is 5.91 Å². The van der Waals surface area contributed by atoms with Crippen LogP contribution in [0.1, 0.15) is 27.0 Å². The Labute approximate surface area is 132 Å². The van der Waals surface area contributed by atoms with Crippen LogP contribution >= 0.6 is 27.5 Å². The number of carbonyl (C=O) groups excluding carboxylic acids is 1. The predicted molar refractivity (Wildman–Crippen MR) is 86.4 cm³/mol. The van der Waals surface area contributed by atoms with Gasteiger partial charge in [0, 0.05) is 22.5 Å². The molecule has 0 aliphatic carbocycles. The van der Waals surface area contributed by atoms with Crippen molar-refractivity contribution >= 4 is 33.4 Å². The van der Waals surface area contributed by atoms with Gasteiger partial charge in [-0.1, -0.05) is 57.9 Å². The lowest BCUT2D eigenvalue weighted by Gasteiger charge is -2.08. The number of amides is 1. The van der Waals surface area contributed by atoms with Crippen LogP contribution in [0, 0.1) is 6.92 Å². The summed E-state index contributed by atoms with van der Waals surface area (Å²) < 4.78 is 0. The lowest BCUT2D eigenvalue weighted by molar-refractivity contribution is 0.0950. The maximum atomic E-state index is 12.1. The highest BCUT2D eigenvalue weighted by molar-refractivity contribution is 9.08. The molecule has 2 nitrogen and oxygen atoms in total. The van der Waals surface area contributed by atoms with E-state index in [4.69, 9.17) is 11.6 Å². The molecule has 0 aliphatic heterocycles. The summed E-state index contributed by atoms with van der Waals surface area (Å²) in [5.41, 5.74) is 3.82. The first kappa shape index (κ1) is 15.1. The third kappa shape index (κ3) is 3.84. The third-order valence-corrected chi connectivity index (χ3v) is 3.96. The molecule has 0 aliphatic rings. The van der Waals surface area contributed by atoms with Crippen LogP contribution in [0.4, 0.5) is 0 Å². The Balaban J connectivity index is 2.02. The van der Waals surface area contributed by atoms with Gasteiger partial charge in [0.15, 0.2) is 0 Å². The van der Waals surface area contributed by atoms with Gasteiger partial charge in [0.2, 0.25) is 0 Å². The number of hydrogen-bond donors (Lipinski definition) is 1. The van der Waals surface area contributed by atoms with Crippen molar-refractivity contribution in [2.45, 2.75) is 18.8 Å². The van der Waals surface area contributed by atoms with Gasteiger partial charge in [-0.2, -0.15) is 0 Å². The predicted octanol–water partition coefficient (Wildman–Crippen LogP) is 4.47. The molecule has 2 rings (SSSR count). The molecule has 0 unspecified atom stereocenters. The second-order valence-corrected chi connectivity index (χ2v) is 5.59. The van der Waals surface area contributed by atoms with Crippen LogP contribution < -0.4 is 5.32 Å². The summed E-state index contributed by atoms with van der Waals surface area (Å²) in [6.45, 7) is 2.41. The third-order valence-electron chi connectivity index (χ3n) is 3.07. The van der Waals surface area contributed by atoms with E-state index >= 15 is 0 Å². The maximum Gasteiger partial charge on any atom is 0.251 e. The van der Waals surface area contributed by atoms with E-state index < -0.39 is 0 Å². The second-order valence-electron chi connectivity index (χ2n) is 4.59. The van der Waals surface area contributed by atoms with Crippen molar-refractivity contribution < 1.29 is 4.79 Å². The summed E-state index contributed by atoms with van der Waals surface area (Å²) in [5.74, 6) is -0.102. The van der Waals surface area contributed by atoms with Crippen molar-refractivity contribution in [3.05, 3.63) is 69.7 Å². The van der Waals surface area contributed by atoms with Gasteiger partial charge in [0.25, 0.3) is 5.91 Å². The smallest absolute Gasteiger partial charge is 0.251 e. The largest absolute Gasteiger partial charge is 0.348 e. The number of nitrogens with one attached hydrogen (secondary N) is 1. The van der Waals surface area contributed by atoms with E-state index in [9.17, 15) is 4.79 Å². The molecule has 2 aromatic carbocycles. The Morgan fingerprint density at radius 2 is 1.80 bits per heavy atom. The Kier molecular flexibility index (Phi) is 5.21. The van der Waals surface area contributed by atoms with Crippen LogP contribution in [-0.2, 0) is 11.9 Å². The number of aryl methyl sites for hydroxylation is 1. The summed E-state index contributed by atoms with van der Waals surface area (Å²) in [5, 5.41) is 4.32. The molecule has 4 heteroatoms. The molecule has 0 heterocycles. The molecule has 0 radical (unpaired) electrons. The van der Waals surface area contributed by atoms with Gasteiger partial charge in [-0.25, -0.2) is 0 Å². The second kappa shape index (κ2) is 6.91. The zero-order chi connectivity index (χ0) is 14.5. The van der Waals surface area contributed by atoms with E-state index in [0.29, 0.717) is 17.1 Å². The van der Waals surface area contributed by atoms with Crippen molar-refractivity contribution in [1.29, 1.82) is 0 Å². The van der Waals surface area contributed by atoms with Crippen LogP contribution in [0.15, 0.2) is 42.5 Å². The number of halogens is 2. The minimum Gasteiger partial charge on any atom is -0.348 e. The topological polar surface area (TPSA) is 29.1 Å². The SMILES string of the molecule is Cc1ccc(Cl)cc1C(=O)NCc1ccc(CBr)cc1. The molecule has 0 fully saturated rings.